The van der Waals surface area contributed by atoms with Crippen LogP contribution in [-0.2, 0) is 11.3 Å². The number of hydrogen-bond acceptors (Lipinski definition) is 3. The first-order valence-electron chi connectivity index (χ1n) is 8.51. The highest BCUT2D eigenvalue weighted by molar-refractivity contribution is 5.68. The van der Waals surface area contributed by atoms with Crippen molar-refractivity contribution < 1.29 is 9.53 Å². The van der Waals surface area contributed by atoms with Gasteiger partial charge in [-0.2, -0.15) is 0 Å². The van der Waals surface area contributed by atoms with Crippen molar-refractivity contribution in [2.45, 2.75) is 65.6 Å². The minimum absolute atomic E-state index is 0.149. The summed E-state index contributed by atoms with van der Waals surface area (Å²) < 4.78 is 5.37. The van der Waals surface area contributed by atoms with Gasteiger partial charge in [0, 0.05) is 19.1 Å². The van der Waals surface area contributed by atoms with E-state index >= 15 is 0 Å². The van der Waals surface area contributed by atoms with E-state index in [1.807, 2.05) is 20.8 Å². The lowest BCUT2D eigenvalue weighted by molar-refractivity contribution is 0.0497. The summed E-state index contributed by atoms with van der Waals surface area (Å²) in [6.45, 7) is 11.5. The van der Waals surface area contributed by atoms with Crippen molar-refractivity contribution in [3.8, 4) is 0 Å². The van der Waals surface area contributed by atoms with E-state index in [4.69, 9.17) is 4.74 Å². The van der Waals surface area contributed by atoms with Gasteiger partial charge in [-0.3, -0.25) is 0 Å². The molecule has 0 aliphatic heterocycles. The predicted octanol–water partition coefficient (Wildman–Crippen LogP) is 3.70. The Morgan fingerprint density at radius 2 is 2.00 bits per heavy atom. The summed E-state index contributed by atoms with van der Waals surface area (Å²) in [6, 6.07) is 6.66. The summed E-state index contributed by atoms with van der Waals surface area (Å²) in [7, 11) is 0. The molecule has 1 aliphatic rings. The second kappa shape index (κ2) is 7.35. The number of nitrogens with one attached hydrogen (secondary N) is 2. The highest BCUT2D eigenvalue weighted by Crippen LogP contribution is 2.32. The molecular formula is C19H30N2O2. The van der Waals surface area contributed by atoms with Crippen molar-refractivity contribution in [2.75, 3.05) is 6.54 Å². The van der Waals surface area contributed by atoms with Crippen molar-refractivity contribution in [1.82, 2.24) is 10.6 Å². The molecule has 1 amide bonds. The van der Waals surface area contributed by atoms with E-state index in [1.165, 1.54) is 29.5 Å². The minimum atomic E-state index is -0.454. The van der Waals surface area contributed by atoms with E-state index < -0.39 is 5.60 Å². The molecule has 2 rings (SSSR count). The summed E-state index contributed by atoms with van der Waals surface area (Å²) in [6.07, 6.45) is 2.06. The number of hydrogen-bond donors (Lipinski definition) is 2. The Bertz CT molecular complexity index is 545. The van der Waals surface area contributed by atoms with Crippen molar-refractivity contribution >= 4 is 6.09 Å². The average molecular weight is 318 g/mol. The molecular weight excluding hydrogens is 288 g/mol. The second-order valence-corrected chi connectivity index (χ2v) is 7.65. The molecule has 0 bridgehead atoms. The lowest BCUT2D eigenvalue weighted by Crippen LogP contribution is -2.45. The molecule has 1 unspecified atom stereocenters. The van der Waals surface area contributed by atoms with Gasteiger partial charge in [0.25, 0.3) is 0 Å². The Morgan fingerprint density at radius 1 is 1.30 bits per heavy atom. The number of carbonyl (C=O) groups is 1. The molecule has 1 atom stereocenters. The standard InChI is InChI=1S/C19H30N2O2/c1-13-6-7-16(14(2)10-13)11-20-12-17(15-8-9-15)21-18(22)23-19(3,4)5/h6-7,10,15,17,20H,8-9,11-12H2,1-5H3,(H,21,22). The molecule has 0 heterocycles. The number of benzene rings is 1. The molecule has 23 heavy (non-hydrogen) atoms. The van der Waals surface area contributed by atoms with E-state index in [-0.39, 0.29) is 12.1 Å². The van der Waals surface area contributed by atoms with Gasteiger partial charge in [0.15, 0.2) is 0 Å². The predicted molar refractivity (Wildman–Crippen MR) is 93.5 cm³/mol. The highest BCUT2D eigenvalue weighted by Gasteiger charge is 2.33. The summed E-state index contributed by atoms with van der Waals surface area (Å²) >= 11 is 0. The maximum Gasteiger partial charge on any atom is 0.407 e. The molecule has 1 fully saturated rings. The average Bonchev–Trinajstić information content (AvgIpc) is 3.22. The summed E-state index contributed by atoms with van der Waals surface area (Å²) in [4.78, 5) is 12.0. The van der Waals surface area contributed by atoms with Gasteiger partial charge >= 0.3 is 6.09 Å². The third-order valence-corrected chi connectivity index (χ3v) is 4.07. The van der Waals surface area contributed by atoms with Gasteiger partial charge in [0.1, 0.15) is 5.60 Å². The molecule has 1 saturated carbocycles. The Labute approximate surface area is 140 Å². The number of ether oxygens (including phenoxy) is 1. The first-order chi connectivity index (χ1) is 10.7. The highest BCUT2D eigenvalue weighted by atomic mass is 16.6. The zero-order valence-electron chi connectivity index (χ0n) is 15.0. The third kappa shape index (κ3) is 6.22. The normalized spacial score (nSPS) is 16.0. The molecule has 4 heteroatoms. The van der Waals surface area contributed by atoms with Crippen molar-refractivity contribution in [3.63, 3.8) is 0 Å². The number of alkyl carbamates (subject to hydrolysis) is 1. The minimum Gasteiger partial charge on any atom is -0.444 e. The van der Waals surface area contributed by atoms with Gasteiger partial charge in [-0.25, -0.2) is 4.79 Å². The molecule has 1 aromatic carbocycles. The number of aryl methyl sites for hydroxylation is 2. The lowest BCUT2D eigenvalue weighted by atomic mass is 10.1. The summed E-state index contributed by atoms with van der Waals surface area (Å²) in [5.41, 5.74) is 3.45. The van der Waals surface area contributed by atoms with Gasteiger partial charge in [-0.05, 0) is 64.5 Å². The topological polar surface area (TPSA) is 50.4 Å². The van der Waals surface area contributed by atoms with Gasteiger partial charge < -0.3 is 15.4 Å². The van der Waals surface area contributed by atoms with E-state index in [9.17, 15) is 4.79 Å². The molecule has 0 spiro atoms. The van der Waals surface area contributed by atoms with E-state index in [2.05, 4.69) is 42.7 Å². The number of carbonyl (C=O) groups excluding carboxylic acids is 1. The zero-order valence-corrected chi connectivity index (χ0v) is 15.0. The van der Waals surface area contributed by atoms with E-state index in [0.29, 0.717) is 5.92 Å². The van der Waals surface area contributed by atoms with Gasteiger partial charge in [-0.1, -0.05) is 23.8 Å². The van der Waals surface area contributed by atoms with Crippen LogP contribution in [0.2, 0.25) is 0 Å². The third-order valence-electron chi connectivity index (χ3n) is 4.07. The smallest absolute Gasteiger partial charge is 0.407 e. The first kappa shape index (κ1) is 17.8. The fraction of sp³-hybridized carbons (Fsp3) is 0.632. The van der Waals surface area contributed by atoms with Crippen LogP contribution in [0, 0.1) is 19.8 Å². The molecule has 4 nitrogen and oxygen atoms in total. The molecule has 1 aliphatic carbocycles. The van der Waals surface area contributed by atoms with Crippen LogP contribution < -0.4 is 10.6 Å². The quantitative estimate of drug-likeness (QED) is 0.841. The Hall–Kier alpha value is -1.55. The van der Waals surface area contributed by atoms with Gasteiger partial charge in [0.05, 0.1) is 0 Å². The fourth-order valence-electron chi connectivity index (χ4n) is 2.70. The maximum atomic E-state index is 12.0. The SMILES string of the molecule is Cc1ccc(CNCC(NC(=O)OC(C)(C)C)C2CC2)c(C)c1. The Morgan fingerprint density at radius 3 is 2.57 bits per heavy atom. The van der Waals surface area contributed by atoms with Crippen LogP contribution >= 0.6 is 0 Å². The van der Waals surface area contributed by atoms with E-state index in [0.717, 1.165) is 13.1 Å². The zero-order chi connectivity index (χ0) is 17.0. The fourth-order valence-corrected chi connectivity index (χ4v) is 2.70. The number of amides is 1. The molecule has 1 aromatic rings. The largest absolute Gasteiger partial charge is 0.444 e. The maximum absolute atomic E-state index is 12.0. The Balaban J connectivity index is 1.82. The van der Waals surface area contributed by atoms with Crippen LogP contribution in [-0.4, -0.2) is 24.3 Å². The molecule has 0 aromatic heterocycles. The second-order valence-electron chi connectivity index (χ2n) is 7.65. The summed E-state index contributed by atoms with van der Waals surface area (Å²) in [5, 5.41) is 6.50. The van der Waals surface area contributed by atoms with Crippen molar-refractivity contribution in [2.24, 2.45) is 5.92 Å². The van der Waals surface area contributed by atoms with Crippen molar-refractivity contribution in [3.05, 3.63) is 34.9 Å². The van der Waals surface area contributed by atoms with Crippen LogP contribution in [0.1, 0.15) is 50.3 Å². The number of rotatable bonds is 6. The molecule has 2 N–H and O–H groups in total. The summed E-state index contributed by atoms with van der Waals surface area (Å²) in [5.74, 6) is 0.578. The monoisotopic (exact) mass is 318 g/mol. The van der Waals surface area contributed by atoms with Crippen LogP contribution in [0.3, 0.4) is 0 Å². The molecule has 0 radical (unpaired) electrons. The van der Waals surface area contributed by atoms with Crippen LogP contribution in [0.25, 0.3) is 0 Å². The van der Waals surface area contributed by atoms with Crippen molar-refractivity contribution in [1.29, 1.82) is 0 Å². The first-order valence-corrected chi connectivity index (χ1v) is 8.51. The lowest BCUT2D eigenvalue weighted by Gasteiger charge is -2.24. The molecule has 128 valence electrons. The van der Waals surface area contributed by atoms with Crippen LogP contribution in [0.15, 0.2) is 18.2 Å². The Kier molecular flexibility index (Phi) is 5.69. The van der Waals surface area contributed by atoms with E-state index in [1.54, 1.807) is 0 Å². The van der Waals surface area contributed by atoms with Crippen LogP contribution in [0.4, 0.5) is 4.79 Å². The van der Waals surface area contributed by atoms with Gasteiger partial charge in [0.2, 0.25) is 0 Å². The van der Waals surface area contributed by atoms with Gasteiger partial charge in [-0.15, -0.1) is 0 Å². The van der Waals surface area contributed by atoms with Crippen LogP contribution in [0.5, 0.6) is 0 Å². The molecule has 0 saturated heterocycles.